The van der Waals surface area contributed by atoms with Gasteiger partial charge in [-0.3, -0.25) is 9.36 Å². The Morgan fingerprint density at radius 3 is 2.58 bits per heavy atom. The van der Waals surface area contributed by atoms with Crippen LogP contribution in [0.1, 0.15) is 21.7 Å². The maximum Gasteiger partial charge on any atom is 0.196 e. The zero-order valence-electron chi connectivity index (χ0n) is 17.4. The summed E-state index contributed by atoms with van der Waals surface area (Å²) >= 11 is 4.89. The molecule has 0 aliphatic carbocycles. The molecule has 2 aromatic heterocycles. The molecule has 0 aliphatic rings. The molecule has 0 amide bonds. The monoisotopic (exact) mass is 496 g/mol. The number of hydrogen-bond donors (Lipinski definition) is 0. The summed E-state index contributed by atoms with van der Waals surface area (Å²) in [5, 5.41) is 8.87. The van der Waals surface area contributed by atoms with E-state index in [1.54, 1.807) is 13.4 Å². The van der Waals surface area contributed by atoms with Gasteiger partial charge in [0.25, 0.3) is 0 Å². The minimum Gasteiger partial charge on any atom is -0.497 e. The van der Waals surface area contributed by atoms with E-state index in [4.69, 9.17) is 4.74 Å². The van der Waals surface area contributed by atoms with Crippen LogP contribution >= 0.6 is 27.7 Å². The van der Waals surface area contributed by atoms with Gasteiger partial charge >= 0.3 is 0 Å². The number of aromatic nitrogens is 4. The van der Waals surface area contributed by atoms with Crippen LogP contribution in [0.25, 0.3) is 11.4 Å². The molecule has 2 heterocycles. The first kappa shape index (κ1) is 21.4. The molecule has 0 radical (unpaired) electrons. The third kappa shape index (κ3) is 4.45. The SMILES string of the molecule is COc1ccc(-n2cnnc2SCC(=O)c2cc(C)n(-c3cccc(Br)c3)c2C)cc1. The lowest BCUT2D eigenvalue weighted by Crippen LogP contribution is -2.06. The largest absolute Gasteiger partial charge is 0.497 e. The Balaban J connectivity index is 1.53. The number of benzene rings is 2. The van der Waals surface area contributed by atoms with E-state index in [1.165, 1.54) is 11.8 Å². The molecule has 4 aromatic rings. The van der Waals surface area contributed by atoms with Crippen molar-refractivity contribution >= 4 is 33.5 Å². The first-order valence-corrected chi connectivity index (χ1v) is 11.4. The number of nitrogens with zero attached hydrogens (tertiary/aromatic N) is 4. The number of aryl methyl sites for hydroxylation is 1. The molecule has 0 aliphatic heterocycles. The number of rotatable bonds is 7. The van der Waals surface area contributed by atoms with Gasteiger partial charge in [-0.05, 0) is 62.4 Å². The number of hydrogen-bond acceptors (Lipinski definition) is 5. The average Bonchev–Trinajstić information content (AvgIpc) is 3.36. The van der Waals surface area contributed by atoms with E-state index in [1.807, 2.05) is 73.0 Å². The molecule has 158 valence electrons. The van der Waals surface area contributed by atoms with Crippen molar-refractivity contribution in [1.29, 1.82) is 0 Å². The topological polar surface area (TPSA) is 61.9 Å². The molecule has 4 rings (SSSR count). The highest BCUT2D eigenvalue weighted by Crippen LogP contribution is 2.26. The smallest absolute Gasteiger partial charge is 0.196 e. The Kier molecular flexibility index (Phi) is 6.29. The molecule has 0 atom stereocenters. The second-order valence-corrected chi connectivity index (χ2v) is 8.85. The van der Waals surface area contributed by atoms with E-state index >= 15 is 0 Å². The van der Waals surface area contributed by atoms with Gasteiger partial charge in [0.05, 0.1) is 12.9 Å². The zero-order chi connectivity index (χ0) is 22.0. The van der Waals surface area contributed by atoms with Crippen LogP contribution in [-0.2, 0) is 0 Å². The third-order valence-corrected chi connectivity index (χ3v) is 6.43. The Hall–Kier alpha value is -2.84. The summed E-state index contributed by atoms with van der Waals surface area (Å²) in [6.07, 6.45) is 1.65. The summed E-state index contributed by atoms with van der Waals surface area (Å²) in [5.74, 6) is 1.11. The number of ketones is 1. The predicted molar refractivity (Wildman–Crippen MR) is 126 cm³/mol. The summed E-state index contributed by atoms with van der Waals surface area (Å²) in [6.45, 7) is 3.99. The Morgan fingerprint density at radius 2 is 1.87 bits per heavy atom. The number of methoxy groups -OCH3 is 1. The highest BCUT2D eigenvalue weighted by molar-refractivity contribution is 9.10. The molecule has 0 N–H and O–H groups in total. The molecule has 0 bridgehead atoms. The number of halogens is 1. The van der Waals surface area contributed by atoms with Crippen LogP contribution < -0.4 is 4.74 Å². The van der Waals surface area contributed by atoms with Crippen molar-refractivity contribution in [3.05, 3.63) is 82.3 Å². The summed E-state index contributed by atoms with van der Waals surface area (Å²) in [7, 11) is 1.63. The van der Waals surface area contributed by atoms with Crippen molar-refractivity contribution in [3.63, 3.8) is 0 Å². The maximum atomic E-state index is 13.0. The fourth-order valence-electron chi connectivity index (χ4n) is 3.51. The van der Waals surface area contributed by atoms with Crippen molar-refractivity contribution in [2.45, 2.75) is 19.0 Å². The molecule has 6 nitrogen and oxygen atoms in total. The summed E-state index contributed by atoms with van der Waals surface area (Å²) < 4.78 is 10.2. The van der Waals surface area contributed by atoms with E-state index in [9.17, 15) is 4.79 Å². The van der Waals surface area contributed by atoms with Gasteiger partial charge in [0.15, 0.2) is 10.9 Å². The number of carbonyl (C=O) groups is 1. The van der Waals surface area contributed by atoms with Crippen LogP contribution in [0.15, 0.2) is 70.6 Å². The molecule has 0 saturated carbocycles. The molecular formula is C23H21BrN4O2S. The van der Waals surface area contributed by atoms with Gasteiger partial charge in [-0.15, -0.1) is 10.2 Å². The van der Waals surface area contributed by atoms with Gasteiger partial charge < -0.3 is 9.30 Å². The summed E-state index contributed by atoms with van der Waals surface area (Å²) in [4.78, 5) is 13.0. The van der Waals surface area contributed by atoms with Crippen molar-refractivity contribution < 1.29 is 9.53 Å². The lowest BCUT2D eigenvalue weighted by atomic mass is 10.2. The van der Waals surface area contributed by atoms with Crippen LogP contribution in [0, 0.1) is 13.8 Å². The second-order valence-electron chi connectivity index (χ2n) is 6.99. The Morgan fingerprint density at radius 1 is 1.10 bits per heavy atom. The van der Waals surface area contributed by atoms with Crippen molar-refractivity contribution in [2.24, 2.45) is 0 Å². The van der Waals surface area contributed by atoms with Gasteiger partial charge in [0.1, 0.15) is 12.1 Å². The quantitative estimate of drug-likeness (QED) is 0.252. The highest BCUT2D eigenvalue weighted by atomic mass is 79.9. The minimum atomic E-state index is 0.0589. The van der Waals surface area contributed by atoms with E-state index in [-0.39, 0.29) is 11.5 Å². The van der Waals surface area contributed by atoms with Crippen LogP contribution in [0.2, 0.25) is 0 Å². The van der Waals surface area contributed by atoms with E-state index in [2.05, 4.69) is 30.7 Å². The van der Waals surface area contributed by atoms with Crippen molar-refractivity contribution in [1.82, 2.24) is 19.3 Å². The standard InChI is InChI=1S/C23H21BrN4O2S/c1-15-11-21(16(2)28(15)19-6-4-5-17(24)12-19)22(29)13-31-23-26-25-14-27(23)18-7-9-20(30-3)10-8-18/h4-12,14H,13H2,1-3H3. The number of Topliss-reactive ketones (excluding diaryl/α,β-unsaturated/α-hetero) is 1. The van der Waals surface area contributed by atoms with Gasteiger partial charge in [-0.2, -0.15) is 0 Å². The molecule has 0 unspecified atom stereocenters. The average molecular weight is 497 g/mol. The summed E-state index contributed by atoms with van der Waals surface area (Å²) in [5.41, 5.74) is 4.60. The second kappa shape index (κ2) is 9.11. The highest BCUT2D eigenvalue weighted by Gasteiger charge is 2.18. The lowest BCUT2D eigenvalue weighted by Gasteiger charge is -2.10. The van der Waals surface area contributed by atoms with Crippen molar-refractivity contribution in [3.8, 4) is 17.1 Å². The number of ether oxygens (including phenoxy) is 1. The molecular weight excluding hydrogens is 476 g/mol. The molecule has 31 heavy (non-hydrogen) atoms. The molecule has 8 heteroatoms. The third-order valence-electron chi connectivity index (χ3n) is 5.00. The maximum absolute atomic E-state index is 13.0. The van der Waals surface area contributed by atoms with Crippen molar-refractivity contribution in [2.75, 3.05) is 12.9 Å². The van der Waals surface area contributed by atoms with E-state index in [0.717, 1.165) is 38.5 Å². The first-order chi connectivity index (χ1) is 15.0. The summed E-state index contributed by atoms with van der Waals surface area (Å²) in [6, 6.07) is 17.6. The minimum absolute atomic E-state index is 0.0589. The normalized spacial score (nSPS) is 11.0. The van der Waals surface area contributed by atoms with Gasteiger partial charge in [0.2, 0.25) is 0 Å². The van der Waals surface area contributed by atoms with E-state index < -0.39 is 0 Å². The first-order valence-electron chi connectivity index (χ1n) is 9.63. The Bertz CT molecular complexity index is 1230. The fourth-order valence-corrected chi connectivity index (χ4v) is 4.71. The lowest BCUT2D eigenvalue weighted by molar-refractivity contribution is 0.102. The van der Waals surface area contributed by atoms with Gasteiger partial charge in [0, 0.05) is 32.8 Å². The molecule has 2 aromatic carbocycles. The van der Waals surface area contributed by atoms with Crippen LogP contribution in [0.5, 0.6) is 5.75 Å². The fraction of sp³-hybridized carbons (Fsp3) is 0.174. The predicted octanol–water partition coefficient (Wildman–Crippen LogP) is 5.42. The van der Waals surface area contributed by atoms with Gasteiger partial charge in [-0.1, -0.05) is 33.8 Å². The van der Waals surface area contributed by atoms with E-state index in [0.29, 0.717) is 5.16 Å². The zero-order valence-corrected chi connectivity index (χ0v) is 19.8. The molecule has 0 saturated heterocycles. The number of thioether (sulfide) groups is 1. The Labute approximate surface area is 193 Å². The van der Waals surface area contributed by atoms with Crippen LogP contribution in [-0.4, -0.2) is 38.0 Å². The van der Waals surface area contributed by atoms with Gasteiger partial charge in [-0.25, -0.2) is 0 Å². The van der Waals surface area contributed by atoms with Crippen LogP contribution in [0.3, 0.4) is 0 Å². The molecule has 0 spiro atoms. The number of carbonyl (C=O) groups excluding carboxylic acids is 1. The molecule has 0 fully saturated rings. The van der Waals surface area contributed by atoms with Crippen LogP contribution in [0.4, 0.5) is 0 Å².